The fourth-order valence-corrected chi connectivity index (χ4v) is 8.21. The molecule has 11 heteroatoms. The zero-order chi connectivity index (χ0) is 31.4. The number of ketones is 1. The Morgan fingerprint density at radius 2 is 1.42 bits per heavy atom. The van der Waals surface area contributed by atoms with Crippen LogP contribution in [0.3, 0.4) is 0 Å². The molecule has 2 aliphatic heterocycles. The molecule has 2 fully saturated rings. The molecule has 2 aromatic carbocycles. The number of nitrogens with one attached hydrogen (secondary N) is 2. The number of Topliss-reactive ketones (excluding diaryl/α,β-unsaturated/α-hetero) is 1. The van der Waals surface area contributed by atoms with E-state index in [0.717, 1.165) is 24.9 Å². The van der Waals surface area contributed by atoms with E-state index in [-0.39, 0.29) is 29.1 Å². The third kappa shape index (κ3) is 7.34. The minimum atomic E-state index is -4.08. The summed E-state index contributed by atoms with van der Waals surface area (Å²) >= 11 is 0. The van der Waals surface area contributed by atoms with E-state index in [4.69, 9.17) is 14.4 Å². The average molecular weight is 615 g/mol. The highest BCUT2D eigenvalue weighted by atomic mass is 32.2. The number of aliphatic carboxylic acids is 1. The van der Waals surface area contributed by atoms with Gasteiger partial charge in [-0.15, -0.1) is 0 Å². The van der Waals surface area contributed by atoms with Gasteiger partial charge in [-0.05, 0) is 66.2 Å². The SMILES string of the molecule is CC1(C)C2CCC1(CS(=O)(=O)O)C(=O)C2.CCOC(=O)C1Cc2ccccc2CN1.O=C(O)C1Cc2ccccc2CN1. The van der Waals surface area contributed by atoms with Crippen LogP contribution in [-0.2, 0) is 55.2 Å². The summed E-state index contributed by atoms with van der Waals surface area (Å²) < 4.78 is 36.0. The number of carboxylic acids is 1. The number of hydrogen-bond donors (Lipinski definition) is 4. The van der Waals surface area contributed by atoms with Gasteiger partial charge in [0.2, 0.25) is 0 Å². The Morgan fingerprint density at radius 3 is 1.86 bits per heavy atom. The van der Waals surface area contributed by atoms with Crippen LogP contribution in [0, 0.1) is 16.7 Å². The summed E-state index contributed by atoms with van der Waals surface area (Å²) in [4.78, 5) is 34.1. The Bertz CT molecular complexity index is 1460. The zero-order valence-electron chi connectivity index (χ0n) is 25.0. The Balaban J connectivity index is 0.000000148. The number of hydrogen-bond acceptors (Lipinski definition) is 8. The van der Waals surface area contributed by atoms with E-state index in [1.165, 1.54) is 16.7 Å². The summed E-state index contributed by atoms with van der Waals surface area (Å²) in [6.45, 7) is 7.57. The molecule has 0 saturated heterocycles. The number of esters is 1. The largest absolute Gasteiger partial charge is 0.480 e. The monoisotopic (exact) mass is 614 g/mol. The number of carbonyl (C=O) groups excluding carboxylic acids is 2. The zero-order valence-corrected chi connectivity index (χ0v) is 25.8. The van der Waals surface area contributed by atoms with Gasteiger partial charge >= 0.3 is 11.9 Å². The van der Waals surface area contributed by atoms with Crippen molar-refractivity contribution in [3.8, 4) is 0 Å². The number of rotatable bonds is 5. The van der Waals surface area contributed by atoms with Crippen molar-refractivity contribution in [1.82, 2.24) is 10.6 Å². The van der Waals surface area contributed by atoms with Crippen molar-refractivity contribution in [2.24, 2.45) is 16.7 Å². The van der Waals surface area contributed by atoms with Gasteiger partial charge in [-0.3, -0.25) is 18.9 Å². The molecule has 10 nitrogen and oxygen atoms in total. The maximum Gasteiger partial charge on any atom is 0.323 e. The molecule has 6 rings (SSSR count). The van der Waals surface area contributed by atoms with Gasteiger partial charge < -0.3 is 20.5 Å². The lowest BCUT2D eigenvalue weighted by atomic mass is 9.70. The lowest BCUT2D eigenvalue weighted by molar-refractivity contribution is -0.146. The molecule has 0 radical (unpaired) electrons. The highest BCUT2D eigenvalue weighted by molar-refractivity contribution is 7.85. The van der Waals surface area contributed by atoms with Crippen LogP contribution >= 0.6 is 0 Å². The molecular weight excluding hydrogens is 572 g/mol. The molecule has 2 aromatic rings. The highest BCUT2D eigenvalue weighted by Crippen LogP contribution is 2.64. The van der Waals surface area contributed by atoms with Crippen molar-refractivity contribution in [3.05, 3.63) is 70.8 Å². The van der Waals surface area contributed by atoms with Gasteiger partial charge in [0, 0.05) is 19.5 Å². The predicted molar refractivity (Wildman–Crippen MR) is 161 cm³/mol. The van der Waals surface area contributed by atoms with Gasteiger partial charge in [0.25, 0.3) is 10.1 Å². The van der Waals surface area contributed by atoms with Crippen LogP contribution in [0.25, 0.3) is 0 Å². The van der Waals surface area contributed by atoms with Gasteiger partial charge in [0.1, 0.15) is 17.9 Å². The summed E-state index contributed by atoms with van der Waals surface area (Å²) in [6.07, 6.45) is 3.29. The van der Waals surface area contributed by atoms with E-state index < -0.39 is 33.3 Å². The van der Waals surface area contributed by atoms with E-state index in [1.807, 2.05) is 57.2 Å². The van der Waals surface area contributed by atoms with Crippen LogP contribution in [0.4, 0.5) is 0 Å². The van der Waals surface area contributed by atoms with Crippen molar-refractivity contribution in [2.75, 3.05) is 12.4 Å². The van der Waals surface area contributed by atoms with Crippen LogP contribution in [0.1, 0.15) is 62.3 Å². The van der Waals surface area contributed by atoms with Gasteiger partial charge in [-0.1, -0.05) is 62.4 Å². The fourth-order valence-electron chi connectivity index (χ4n) is 6.91. The summed E-state index contributed by atoms with van der Waals surface area (Å²) in [6, 6.07) is 15.5. The molecule has 4 N–H and O–H groups in total. The van der Waals surface area contributed by atoms with Crippen molar-refractivity contribution in [2.45, 2.75) is 78.0 Å². The number of benzene rings is 2. The van der Waals surface area contributed by atoms with E-state index in [9.17, 15) is 22.8 Å². The topological polar surface area (TPSA) is 159 Å². The molecule has 2 heterocycles. The van der Waals surface area contributed by atoms with Crippen molar-refractivity contribution < 1.29 is 37.2 Å². The Morgan fingerprint density at radius 1 is 0.907 bits per heavy atom. The summed E-state index contributed by atoms with van der Waals surface area (Å²) in [5, 5.41) is 15.0. The van der Waals surface area contributed by atoms with E-state index >= 15 is 0 Å². The Kier molecular flexibility index (Phi) is 10.1. The number of carbonyl (C=O) groups is 3. The van der Waals surface area contributed by atoms with E-state index in [1.54, 1.807) is 0 Å². The molecule has 43 heavy (non-hydrogen) atoms. The van der Waals surface area contributed by atoms with Crippen LogP contribution in [0.15, 0.2) is 48.5 Å². The lowest BCUT2D eigenvalue weighted by Crippen LogP contribution is -2.42. The van der Waals surface area contributed by atoms with Gasteiger partial charge in [-0.25, -0.2) is 0 Å². The first kappa shape index (κ1) is 32.8. The minimum absolute atomic E-state index is 0.0152. The molecule has 2 bridgehead atoms. The molecule has 2 saturated carbocycles. The second kappa shape index (κ2) is 13.3. The standard InChI is InChI=1S/C12H15NO2.C10H11NO2.C10H16O4S/c1-2-15-12(14)11-7-9-5-3-4-6-10(9)8-13-11;12-10(13)9-5-7-3-1-2-4-8(7)6-11-9;1-9(2)7-3-4-10(9,8(11)5-7)6-15(12,13)14/h3-6,11,13H,2,7-8H2,1H3;1-4,9,11H,5-6H2,(H,12,13);7H,3-6H2,1-2H3,(H,12,13,14). The van der Waals surface area contributed by atoms with E-state index in [2.05, 4.69) is 22.8 Å². The lowest BCUT2D eigenvalue weighted by Gasteiger charge is -2.35. The first-order valence-corrected chi connectivity index (χ1v) is 16.4. The molecule has 4 atom stereocenters. The molecule has 0 spiro atoms. The van der Waals surface area contributed by atoms with Crippen LogP contribution < -0.4 is 10.6 Å². The molecule has 4 aliphatic rings. The first-order chi connectivity index (χ1) is 20.3. The van der Waals surface area contributed by atoms with Crippen LogP contribution in [0.5, 0.6) is 0 Å². The fraction of sp³-hybridized carbons (Fsp3) is 0.531. The summed E-state index contributed by atoms with van der Waals surface area (Å²) in [7, 11) is -4.08. The molecule has 0 amide bonds. The molecule has 0 aromatic heterocycles. The van der Waals surface area contributed by atoms with Crippen LogP contribution in [-0.4, -0.2) is 60.2 Å². The number of fused-ring (bicyclic) bond motifs is 4. The first-order valence-electron chi connectivity index (χ1n) is 14.8. The quantitative estimate of drug-likeness (QED) is 0.291. The minimum Gasteiger partial charge on any atom is -0.480 e. The maximum atomic E-state index is 11.9. The molecule has 4 unspecified atom stereocenters. The van der Waals surface area contributed by atoms with Crippen molar-refractivity contribution in [3.63, 3.8) is 0 Å². The summed E-state index contributed by atoms with van der Waals surface area (Å²) in [5.41, 5.74) is 3.76. The van der Waals surface area contributed by atoms with E-state index in [0.29, 0.717) is 32.4 Å². The third-order valence-electron chi connectivity index (χ3n) is 9.60. The summed E-state index contributed by atoms with van der Waals surface area (Å²) in [5.74, 6) is -1.02. The van der Waals surface area contributed by atoms with Gasteiger partial charge in [0.05, 0.1) is 17.8 Å². The van der Waals surface area contributed by atoms with Crippen LogP contribution in [0.2, 0.25) is 0 Å². The molecule has 234 valence electrons. The smallest absolute Gasteiger partial charge is 0.323 e. The third-order valence-corrected chi connectivity index (χ3v) is 10.5. The number of carboxylic acid groups (broad SMARTS) is 1. The number of ether oxygens (including phenoxy) is 1. The van der Waals surface area contributed by atoms with Gasteiger partial charge in [-0.2, -0.15) is 8.42 Å². The average Bonchev–Trinajstić information content (AvgIpc) is 3.31. The normalized spacial score (nSPS) is 26.5. The predicted octanol–water partition coefficient (Wildman–Crippen LogP) is 3.32. The van der Waals surface area contributed by atoms with Gasteiger partial charge in [0.15, 0.2) is 0 Å². The van der Waals surface area contributed by atoms with Crippen molar-refractivity contribution in [1.29, 1.82) is 0 Å². The second-order valence-electron chi connectivity index (χ2n) is 12.3. The molecular formula is C32H42N2O8S. The van der Waals surface area contributed by atoms with Crippen molar-refractivity contribution >= 4 is 27.8 Å². The maximum absolute atomic E-state index is 11.9. The Labute approximate surface area is 253 Å². The molecule has 2 aliphatic carbocycles. The Hall–Kier alpha value is -3.12. The second-order valence-corrected chi connectivity index (χ2v) is 13.7. The highest BCUT2D eigenvalue weighted by Gasteiger charge is 2.65.